The van der Waals surface area contributed by atoms with Crippen molar-refractivity contribution < 1.29 is 0 Å². The van der Waals surface area contributed by atoms with Gasteiger partial charge in [-0.15, -0.1) is 0 Å². The minimum Gasteiger partial charge on any atom is -0.0912 e. The second-order valence-corrected chi connectivity index (χ2v) is 3.37. The summed E-state index contributed by atoms with van der Waals surface area (Å²) in [5, 5.41) is 4.55. The summed E-state index contributed by atoms with van der Waals surface area (Å²) in [7, 11) is 0. The molecular weight excluding hydrogens is 156 g/mol. The van der Waals surface area contributed by atoms with E-state index >= 15 is 0 Å². The van der Waals surface area contributed by atoms with Crippen LogP contribution in [0.15, 0.2) is 30.3 Å². The van der Waals surface area contributed by atoms with Crippen LogP contribution < -0.4 is 10.4 Å². The van der Waals surface area contributed by atoms with Gasteiger partial charge >= 0.3 is 0 Å². The molecule has 0 N–H and O–H groups in total. The molecule has 0 aliphatic rings. The highest BCUT2D eigenvalue weighted by atomic mass is 14.0. The van der Waals surface area contributed by atoms with Gasteiger partial charge in [-0.05, 0) is 33.7 Å². The van der Waals surface area contributed by atoms with Crippen LogP contribution in [0.25, 0.3) is 23.9 Å². The smallest absolute Gasteiger partial charge is 0.0109 e. The molecule has 0 atom stereocenters. The number of hydrogen-bond donors (Lipinski definition) is 0. The van der Waals surface area contributed by atoms with Crippen molar-refractivity contribution in [2.45, 2.75) is 6.92 Å². The van der Waals surface area contributed by atoms with Gasteiger partial charge in [0.1, 0.15) is 0 Å². The highest BCUT2D eigenvalue weighted by Gasteiger charge is 1.95. The Kier molecular flexibility index (Phi) is 1.70. The number of hydrogen-bond acceptors (Lipinski definition) is 0. The zero-order valence-electron chi connectivity index (χ0n) is 7.80. The van der Waals surface area contributed by atoms with Crippen LogP contribution in [0.1, 0.15) is 5.56 Å². The average molecular weight is 168 g/mol. The molecule has 64 valence electrons. The van der Waals surface area contributed by atoms with Gasteiger partial charge in [0.2, 0.25) is 0 Å². The highest BCUT2D eigenvalue weighted by Crippen LogP contribution is 2.12. The van der Waals surface area contributed by atoms with E-state index in [2.05, 4.69) is 44.3 Å². The predicted octanol–water partition coefficient (Wildman–Crippen LogP) is 1.97. The number of fused-ring (bicyclic) bond motifs is 1. The fourth-order valence-corrected chi connectivity index (χ4v) is 1.62. The first-order valence-electron chi connectivity index (χ1n) is 4.36. The third kappa shape index (κ3) is 1.15. The molecule has 0 saturated heterocycles. The molecule has 2 aromatic rings. The van der Waals surface area contributed by atoms with Crippen molar-refractivity contribution in [3.63, 3.8) is 0 Å². The van der Waals surface area contributed by atoms with Gasteiger partial charge in [-0.2, -0.15) is 0 Å². The van der Waals surface area contributed by atoms with Crippen LogP contribution in [0.4, 0.5) is 0 Å². The summed E-state index contributed by atoms with van der Waals surface area (Å²) >= 11 is 0. The Labute approximate surface area is 77.8 Å². The van der Waals surface area contributed by atoms with Gasteiger partial charge in [0.25, 0.3) is 0 Å². The molecule has 0 radical (unpaired) electrons. The Bertz CT molecular complexity index is 550. The van der Waals surface area contributed by atoms with Crippen molar-refractivity contribution in [2.24, 2.45) is 0 Å². The monoisotopic (exact) mass is 168 g/mol. The van der Waals surface area contributed by atoms with E-state index in [4.69, 9.17) is 0 Å². The van der Waals surface area contributed by atoms with Crippen molar-refractivity contribution in [1.29, 1.82) is 0 Å². The second kappa shape index (κ2) is 2.74. The molecule has 0 aliphatic heterocycles. The minimum atomic E-state index is 1.01. The van der Waals surface area contributed by atoms with Crippen molar-refractivity contribution >= 4 is 23.9 Å². The lowest BCUT2D eigenvalue weighted by Crippen LogP contribution is -2.21. The first-order valence-corrected chi connectivity index (χ1v) is 4.36. The number of rotatable bonds is 0. The van der Waals surface area contributed by atoms with E-state index in [0.717, 1.165) is 10.4 Å². The first-order chi connectivity index (χ1) is 6.20. The van der Waals surface area contributed by atoms with Gasteiger partial charge in [0.15, 0.2) is 0 Å². The average Bonchev–Trinajstić information content (AvgIpc) is 2.12. The summed E-state index contributed by atoms with van der Waals surface area (Å²) in [5.74, 6) is 0. The molecule has 0 aromatic heterocycles. The maximum absolute atomic E-state index is 4.03. The summed E-state index contributed by atoms with van der Waals surface area (Å²) in [5.41, 5.74) is 1.29. The summed E-state index contributed by atoms with van der Waals surface area (Å²) in [6.45, 7) is 10.1. The quantitative estimate of drug-likeness (QED) is 0.564. The Morgan fingerprint density at radius 2 is 1.69 bits per heavy atom. The van der Waals surface area contributed by atoms with Crippen LogP contribution in [0, 0.1) is 6.92 Å². The molecule has 0 heteroatoms. The molecule has 13 heavy (non-hydrogen) atoms. The molecule has 0 bridgehead atoms. The SMILES string of the molecule is C=c1ccc2c(C)cccc2c1=C. The minimum absolute atomic E-state index is 1.01. The molecule has 0 amide bonds. The van der Waals surface area contributed by atoms with Crippen LogP contribution in [0.5, 0.6) is 0 Å². The summed E-state index contributed by atoms with van der Waals surface area (Å²) in [4.78, 5) is 0. The maximum Gasteiger partial charge on any atom is -0.0109 e. The predicted molar refractivity (Wildman–Crippen MR) is 59.0 cm³/mol. The van der Waals surface area contributed by atoms with Crippen molar-refractivity contribution in [3.8, 4) is 0 Å². The van der Waals surface area contributed by atoms with E-state index in [0.29, 0.717) is 0 Å². The normalized spacial score (nSPS) is 10.5. The van der Waals surface area contributed by atoms with Crippen LogP contribution in [-0.4, -0.2) is 0 Å². The lowest BCUT2D eigenvalue weighted by Gasteiger charge is -2.01. The topological polar surface area (TPSA) is 0 Å². The Balaban J connectivity index is 3.12. The van der Waals surface area contributed by atoms with Crippen LogP contribution in [0.3, 0.4) is 0 Å². The molecule has 0 fully saturated rings. The molecule has 0 saturated carbocycles. The van der Waals surface area contributed by atoms with Gasteiger partial charge in [0, 0.05) is 0 Å². The largest absolute Gasteiger partial charge is 0.0912 e. The molecule has 0 unspecified atom stereocenters. The third-order valence-corrected chi connectivity index (χ3v) is 2.49. The lowest BCUT2D eigenvalue weighted by atomic mass is 10.0. The zero-order valence-corrected chi connectivity index (χ0v) is 7.80. The van der Waals surface area contributed by atoms with Crippen LogP contribution in [-0.2, 0) is 0 Å². The van der Waals surface area contributed by atoms with Crippen molar-refractivity contribution in [1.82, 2.24) is 0 Å². The molecule has 0 spiro atoms. The van der Waals surface area contributed by atoms with E-state index in [1.807, 2.05) is 6.07 Å². The van der Waals surface area contributed by atoms with Crippen molar-refractivity contribution in [3.05, 3.63) is 46.3 Å². The van der Waals surface area contributed by atoms with Gasteiger partial charge in [-0.25, -0.2) is 0 Å². The summed E-state index contributed by atoms with van der Waals surface area (Å²) in [6.07, 6.45) is 0. The summed E-state index contributed by atoms with van der Waals surface area (Å²) < 4.78 is 0. The van der Waals surface area contributed by atoms with Crippen LogP contribution in [0.2, 0.25) is 0 Å². The van der Waals surface area contributed by atoms with E-state index in [1.165, 1.54) is 16.3 Å². The van der Waals surface area contributed by atoms with Crippen LogP contribution >= 0.6 is 0 Å². The number of benzene rings is 2. The van der Waals surface area contributed by atoms with Gasteiger partial charge in [-0.3, -0.25) is 0 Å². The molecule has 2 rings (SSSR count). The lowest BCUT2D eigenvalue weighted by molar-refractivity contribution is 1.51. The second-order valence-electron chi connectivity index (χ2n) is 3.37. The maximum atomic E-state index is 4.03. The molecular formula is C13H12. The Morgan fingerprint density at radius 1 is 0.923 bits per heavy atom. The fourth-order valence-electron chi connectivity index (χ4n) is 1.62. The van der Waals surface area contributed by atoms with E-state index in [9.17, 15) is 0 Å². The molecule has 0 nitrogen and oxygen atoms in total. The Morgan fingerprint density at radius 3 is 2.46 bits per heavy atom. The van der Waals surface area contributed by atoms with Gasteiger partial charge in [-0.1, -0.05) is 43.5 Å². The van der Waals surface area contributed by atoms with E-state index < -0.39 is 0 Å². The molecule has 0 heterocycles. The van der Waals surface area contributed by atoms with Crippen molar-refractivity contribution in [2.75, 3.05) is 0 Å². The molecule has 0 aliphatic carbocycles. The standard InChI is InChI=1S/C13H12/c1-9-7-8-12-10(2)5-4-6-13(12)11(9)3/h4-8H,1,3H2,2H3. The number of aryl methyl sites for hydroxylation is 1. The first kappa shape index (κ1) is 8.06. The Hall–Kier alpha value is -1.56. The molecule has 2 aromatic carbocycles. The zero-order chi connectivity index (χ0) is 9.42. The summed E-state index contributed by atoms with van der Waals surface area (Å²) in [6, 6.07) is 10.4. The van der Waals surface area contributed by atoms with Gasteiger partial charge in [0.05, 0.1) is 0 Å². The third-order valence-electron chi connectivity index (χ3n) is 2.49. The fraction of sp³-hybridized carbons (Fsp3) is 0.0769. The van der Waals surface area contributed by atoms with E-state index in [-0.39, 0.29) is 0 Å². The van der Waals surface area contributed by atoms with E-state index in [1.54, 1.807) is 0 Å². The van der Waals surface area contributed by atoms with Gasteiger partial charge < -0.3 is 0 Å². The highest BCUT2D eigenvalue weighted by molar-refractivity contribution is 5.86.